The Bertz CT molecular complexity index is 673. The van der Waals surface area contributed by atoms with Crippen molar-refractivity contribution < 1.29 is 9.53 Å². The molecule has 1 fully saturated rings. The molecule has 0 saturated carbocycles. The molecule has 1 aromatic carbocycles. The Kier molecular flexibility index (Phi) is 5.11. The van der Waals surface area contributed by atoms with E-state index in [0.29, 0.717) is 12.2 Å². The molecule has 0 radical (unpaired) electrons. The van der Waals surface area contributed by atoms with Gasteiger partial charge >= 0.3 is 0 Å². The van der Waals surface area contributed by atoms with Gasteiger partial charge in [-0.2, -0.15) is 0 Å². The van der Waals surface area contributed by atoms with E-state index in [0.717, 1.165) is 30.8 Å². The van der Waals surface area contributed by atoms with Crippen molar-refractivity contribution in [2.45, 2.75) is 38.5 Å². The average molecular weight is 325 g/mol. The molecule has 2 atom stereocenters. The van der Waals surface area contributed by atoms with E-state index in [-0.39, 0.29) is 18.0 Å². The van der Waals surface area contributed by atoms with Gasteiger partial charge in [-0.25, -0.2) is 0 Å². The maximum atomic E-state index is 12.6. The third kappa shape index (κ3) is 3.92. The Morgan fingerprint density at radius 1 is 1.29 bits per heavy atom. The highest BCUT2D eigenvalue weighted by Crippen LogP contribution is 2.20. The Morgan fingerprint density at radius 3 is 2.75 bits per heavy atom. The van der Waals surface area contributed by atoms with Crippen molar-refractivity contribution in [3.05, 3.63) is 59.9 Å². The zero-order valence-electron chi connectivity index (χ0n) is 13.9. The van der Waals surface area contributed by atoms with Gasteiger partial charge in [-0.3, -0.25) is 9.78 Å². The maximum absolute atomic E-state index is 12.6. The summed E-state index contributed by atoms with van der Waals surface area (Å²) in [6.07, 6.45) is 3.46. The van der Waals surface area contributed by atoms with Crippen LogP contribution >= 0.6 is 0 Å². The van der Waals surface area contributed by atoms with Gasteiger partial charge in [0.05, 0.1) is 5.69 Å². The number of likely N-dealkylation sites (tertiary alicyclic amines) is 1. The smallest absolute Gasteiger partial charge is 0.254 e. The standard InChI is InChI=1S/C19H23N3O2/c1-14-12-16(20)9-11-22(14)19(23)15-5-7-18(8-6-15)24-13-17-4-2-3-10-21-17/h2-8,10,14,16H,9,11-13,20H2,1H3. The van der Waals surface area contributed by atoms with Crippen LogP contribution in [0.3, 0.4) is 0 Å². The zero-order chi connectivity index (χ0) is 16.9. The second kappa shape index (κ2) is 7.45. The third-order valence-electron chi connectivity index (χ3n) is 4.39. The molecule has 1 aromatic heterocycles. The van der Waals surface area contributed by atoms with Crippen LogP contribution in [0.25, 0.3) is 0 Å². The molecule has 0 bridgehead atoms. The summed E-state index contributed by atoms with van der Waals surface area (Å²) in [7, 11) is 0. The Labute approximate surface area is 142 Å². The number of nitrogens with zero attached hydrogens (tertiary/aromatic N) is 2. The first-order valence-electron chi connectivity index (χ1n) is 8.33. The number of pyridine rings is 1. The van der Waals surface area contributed by atoms with E-state index in [1.165, 1.54) is 0 Å². The number of hydrogen-bond donors (Lipinski definition) is 1. The van der Waals surface area contributed by atoms with E-state index in [2.05, 4.69) is 11.9 Å². The lowest BCUT2D eigenvalue weighted by Gasteiger charge is -2.36. The monoisotopic (exact) mass is 325 g/mol. The van der Waals surface area contributed by atoms with Crippen LogP contribution in [0.2, 0.25) is 0 Å². The molecule has 1 amide bonds. The van der Waals surface area contributed by atoms with Gasteiger partial charge in [0.15, 0.2) is 0 Å². The van der Waals surface area contributed by atoms with Crippen molar-refractivity contribution in [1.82, 2.24) is 9.88 Å². The molecule has 2 unspecified atom stereocenters. The van der Waals surface area contributed by atoms with Gasteiger partial charge in [-0.05, 0) is 56.2 Å². The first-order valence-corrected chi connectivity index (χ1v) is 8.33. The number of carbonyl (C=O) groups excluding carboxylic acids is 1. The lowest BCUT2D eigenvalue weighted by Crippen LogP contribution is -2.48. The Hall–Kier alpha value is -2.40. The van der Waals surface area contributed by atoms with E-state index in [1.54, 1.807) is 6.20 Å². The number of carbonyl (C=O) groups is 1. The van der Waals surface area contributed by atoms with E-state index in [1.807, 2.05) is 47.4 Å². The fourth-order valence-electron chi connectivity index (χ4n) is 3.01. The number of rotatable bonds is 4. The van der Waals surface area contributed by atoms with E-state index in [4.69, 9.17) is 10.5 Å². The van der Waals surface area contributed by atoms with Crippen LogP contribution in [0.5, 0.6) is 5.75 Å². The molecule has 126 valence electrons. The largest absolute Gasteiger partial charge is 0.487 e. The highest BCUT2D eigenvalue weighted by molar-refractivity contribution is 5.94. The van der Waals surface area contributed by atoms with Gasteiger partial charge in [0.25, 0.3) is 5.91 Å². The highest BCUT2D eigenvalue weighted by Gasteiger charge is 2.27. The number of nitrogens with two attached hydrogens (primary N) is 1. The molecule has 2 N–H and O–H groups in total. The number of amides is 1. The van der Waals surface area contributed by atoms with Crippen LogP contribution in [0.1, 0.15) is 35.8 Å². The van der Waals surface area contributed by atoms with Crippen LogP contribution in [0, 0.1) is 0 Å². The minimum Gasteiger partial charge on any atom is -0.487 e. The number of hydrogen-bond acceptors (Lipinski definition) is 4. The van der Waals surface area contributed by atoms with Crippen molar-refractivity contribution in [3.63, 3.8) is 0 Å². The predicted molar refractivity (Wildman–Crippen MR) is 92.7 cm³/mol. The summed E-state index contributed by atoms with van der Waals surface area (Å²) in [6.45, 7) is 3.19. The SMILES string of the molecule is CC1CC(N)CCN1C(=O)c1ccc(OCc2ccccn2)cc1. The second-order valence-electron chi connectivity index (χ2n) is 6.27. The summed E-state index contributed by atoms with van der Waals surface area (Å²) < 4.78 is 5.70. The summed E-state index contributed by atoms with van der Waals surface area (Å²) in [6, 6.07) is 13.4. The van der Waals surface area contributed by atoms with Crippen molar-refractivity contribution in [3.8, 4) is 5.75 Å². The van der Waals surface area contributed by atoms with Crippen LogP contribution < -0.4 is 10.5 Å². The minimum atomic E-state index is 0.0608. The Balaban J connectivity index is 1.60. The second-order valence-corrected chi connectivity index (χ2v) is 6.27. The number of piperidine rings is 1. The molecular formula is C19H23N3O2. The normalized spacial score (nSPS) is 20.7. The van der Waals surface area contributed by atoms with Crippen LogP contribution in [0.15, 0.2) is 48.7 Å². The molecule has 1 saturated heterocycles. The van der Waals surface area contributed by atoms with Gasteiger partial charge in [-0.15, -0.1) is 0 Å². The van der Waals surface area contributed by atoms with Crippen molar-refractivity contribution in [1.29, 1.82) is 0 Å². The van der Waals surface area contributed by atoms with Crippen molar-refractivity contribution in [2.24, 2.45) is 5.73 Å². The summed E-state index contributed by atoms with van der Waals surface area (Å²) in [4.78, 5) is 18.8. The summed E-state index contributed by atoms with van der Waals surface area (Å²) >= 11 is 0. The third-order valence-corrected chi connectivity index (χ3v) is 4.39. The zero-order valence-corrected chi connectivity index (χ0v) is 13.9. The lowest BCUT2D eigenvalue weighted by molar-refractivity contribution is 0.0619. The molecule has 24 heavy (non-hydrogen) atoms. The lowest BCUT2D eigenvalue weighted by atomic mass is 9.98. The maximum Gasteiger partial charge on any atom is 0.254 e. The predicted octanol–water partition coefficient (Wildman–Crippen LogP) is 2.61. The van der Waals surface area contributed by atoms with Gasteiger partial charge < -0.3 is 15.4 Å². The van der Waals surface area contributed by atoms with E-state index < -0.39 is 0 Å². The molecule has 2 heterocycles. The first-order chi connectivity index (χ1) is 11.6. The van der Waals surface area contributed by atoms with Gasteiger partial charge in [0.1, 0.15) is 12.4 Å². The molecule has 2 aromatic rings. The molecule has 1 aliphatic rings. The Morgan fingerprint density at radius 2 is 2.08 bits per heavy atom. The minimum absolute atomic E-state index is 0.0608. The first kappa shape index (κ1) is 16.5. The number of ether oxygens (including phenoxy) is 1. The van der Waals surface area contributed by atoms with Crippen molar-refractivity contribution >= 4 is 5.91 Å². The molecule has 3 rings (SSSR count). The number of aromatic nitrogens is 1. The fraction of sp³-hybridized carbons (Fsp3) is 0.368. The van der Waals surface area contributed by atoms with Crippen molar-refractivity contribution in [2.75, 3.05) is 6.54 Å². The molecule has 1 aliphatic heterocycles. The number of benzene rings is 1. The van der Waals surface area contributed by atoms with Gasteiger partial charge in [0, 0.05) is 30.4 Å². The molecule has 5 nitrogen and oxygen atoms in total. The van der Waals surface area contributed by atoms with Crippen LogP contribution in [-0.4, -0.2) is 34.4 Å². The molecule has 0 spiro atoms. The topological polar surface area (TPSA) is 68.5 Å². The van der Waals surface area contributed by atoms with E-state index in [9.17, 15) is 4.79 Å². The van der Waals surface area contributed by atoms with Crippen LogP contribution in [-0.2, 0) is 6.61 Å². The average Bonchev–Trinajstić information content (AvgIpc) is 2.61. The van der Waals surface area contributed by atoms with Gasteiger partial charge in [0.2, 0.25) is 0 Å². The van der Waals surface area contributed by atoms with E-state index >= 15 is 0 Å². The molecule has 0 aliphatic carbocycles. The van der Waals surface area contributed by atoms with Gasteiger partial charge in [-0.1, -0.05) is 6.07 Å². The fourth-order valence-corrected chi connectivity index (χ4v) is 3.01. The molecular weight excluding hydrogens is 302 g/mol. The summed E-state index contributed by atoms with van der Waals surface area (Å²) in [5.74, 6) is 0.789. The van der Waals surface area contributed by atoms with Crippen LogP contribution in [0.4, 0.5) is 0 Å². The highest BCUT2D eigenvalue weighted by atomic mass is 16.5. The summed E-state index contributed by atoms with van der Waals surface area (Å²) in [5, 5.41) is 0. The molecule has 5 heteroatoms. The summed E-state index contributed by atoms with van der Waals surface area (Å²) in [5.41, 5.74) is 7.52. The quantitative estimate of drug-likeness (QED) is 0.938.